The Morgan fingerprint density at radius 2 is 1.91 bits per heavy atom. The van der Waals surface area contributed by atoms with Crippen LogP contribution < -0.4 is 5.32 Å². The lowest BCUT2D eigenvalue weighted by Crippen LogP contribution is -2.45. The van der Waals surface area contributed by atoms with Gasteiger partial charge in [0, 0.05) is 32.1 Å². The topological polar surface area (TPSA) is 34.4 Å². The number of amides is 1. The van der Waals surface area contributed by atoms with Crippen LogP contribution >= 0.6 is 0 Å². The first-order valence-electron chi connectivity index (χ1n) is 4.14. The first kappa shape index (κ1) is 8.53. The Morgan fingerprint density at radius 3 is 2.36 bits per heavy atom. The first-order valence-corrected chi connectivity index (χ1v) is 4.14. The summed E-state index contributed by atoms with van der Waals surface area (Å²) in [6, 6.07) is 0. The largest absolute Gasteiger partial charge is 0.340 e. The monoisotopic (exact) mass is 155 g/mol. The van der Waals surface area contributed by atoms with Crippen LogP contribution in [0.25, 0.3) is 0 Å². The van der Waals surface area contributed by atoms with Gasteiger partial charge in [0.2, 0.25) is 5.91 Å². The van der Waals surface area contributed by atoms with Crippen LogP contribution in [0.15, 0.2) is 0 Å². The summed E-state index contributed by atoms with van der Waals surface area (Å²) in [5.74, 6) is 0.396. The molecule has 0 aromatic rings. The fourth-order valence-corrected chi connectivity index (χ4v) is 1.19. The Hall–Kier alpha value is -0.570. The zero-order valence-electron chi connectivity index (χ0n) is 7.21. The lowest BCUT2D eigenvalue weighted by atomic mass is 10.2. The zero-order chi connectivity index (χ0) is 8.27. The molecule has 0 bridgehead atoms. The molecule has 3 nitrogen and oxygen atoms in total. The molecular formula is C8H15N2O. The van der Waals surface area contributed by atoms with Crippen molar-refractivity contribution in [3.05, 3.63) is 0 Å². The molecule has 1 saturated heterocycles. The molecule has 0 aromatic heterocycles. The number of rotatable bonds is 1. The summed E-state index contributed by atoms with van der Waals surface area (Å²) in [6.45, 7) is 7.15. The second-order valence-electron chi connectivity index (χ2n) is 3.15. The molecule has 1 radical (unpaired) electrons. The van der Waals surface area contributed by atoms with Crippen LogP contribution in [-0.4, -0.2) is 37.0 Å². The summed E-state index contributed by atoms with van der Waals surface area (Å²) in [4.78, 5) is 13.3. The minimum Gasteiger partial charge on any atom is -0.340 e. The van der Waals surface area contributed by atoms with Crippen LogP contribution in [0, 0.1) is 5.92 Å². The third kappa shape index (κ3) is 2.19. The van der Waals surface area contributed by atoms with Gasteiger partial charge < -0.3 is 4.90 Å². The molecule has 3 heteroatoms. The van der Waals surface area contributed by atoms with Crippen molar-refractivity contribution in [3.63, 3.8) is 0 Å². The zero-order valence-corrected chi connectivity index (χ0v) is 7.21. The van der Waals surface area contributed by atoms with E-state index in [1.54, 1.807) is 0 Å². The minimum absolute atomic E-state index is 0.132. The van der Waals surface area contributed by atoms with Gasteiger partial charge in [0.15, 0.2) is 0 Å². The maximum Gasteiger partial charge on any atom is 0.225 e. The Morgan fingerprint density at radius 1 is 1.36 bits per heavy atom. The van der Waals surface area contributed by atoms with Crippen molar-refractivity contribution in [2.75, 3.05) is 26.2 Å². The van der Waals surface area contributed by atoms with E-state index in [9.17, 15) is 4.79 Å². The number of carbonyl (C=O) groups is 1. The maximum atomic E-state index is 11.4. The standard InChI is InChI=1S/C8H15N2O/c1-7(2)8(11)10-5-3-9-4-6-10/h7H,3-6H2,1-2H3. The molecule has 1 aliphatic rings. The molecular weight excluding hydrogens is 140 g/mol. The quantitative estimate of drug-likeness (QED) is 0.528. The highest BCUT2D eigenvalue weighted by atomic mass is 16.2. The summed E-state index contributed by atoms with van der Waals surface area (Å²) >= 11 is 0. The highest BCUT2D eigenvalue weighted by Crippen LogP contribution is 2.02. The molecule has 0 unspecified atom stereocenters. The predicted molar refractivity (Wildman–Crippen MR) is 43.3 cm³/mol. The molecule has 0 N–H and O–H groups in total. The fraction of sp³-hybridized carbons (Fsp3) is 0.875. The molecule has 1 fully saturated rings. The van der Waals surface area contributed by atoms with Crippen LogP contribution in [-0.2, 0) is 4.79 Å². The van der Waals surface area contributed by atoms with Gasteiger partial charge in [0.25, 0.3) is 0 Å². The van der Waals surface area contributed by atoms with Crippen molar-refractivity contribution < 1.29 is 4.79 Å². The average molecular weight is 155 g/mol. The van der Waals surface area contributed by atoms with Gasteiger partial charge in [-0.3, -0.25) is 4.79 Å². The van der Waals surface area contributed by atoms with Gasteiger partial charge in [-0.15, -0.1) is 0 Å². The van der Waals surface area contributed by atoms with Crippen LogP contribution in [0.1, 0.15) is 13.8 Å². The fourth-order valence-electron chi connectivity index (χ4n) is 1.19. The number of carbonyl (C=O) groups excluding carboxylic acids is 1. The summed E-state index contributed by atoms with van der Waals surface area (Å²) < 4.78 is 0. The second kappa shape index (κ2) is 3.72. The molecule has 1 amide bonds. The molecule has 1 rings (SSSR count). The van der Waals surface area contributed by atoms with E-state index in [0.29, 0.717) is 0 Å². The first-order chi connectivity index (χ1) is 5.22. The third-order valence-corrected chi connectivity index (χ3v) is 1.86. The van der Waals surface area contributed by atoms with Gasteiger partial charge in [0.1, 0.15) is 0 Å². The highest BCUT2D eigenvalue weighted by Gasteiger charge is 2.18. The van der Waals surface area contributed by atoms with Gasteiger partial charge in [-0.25, -0.2) is 5.32 Å². The van der Waals surface area contributed by atoms with Gasteiger partial charge in [-0.05, 0) is 0 Å². The smallest absolute Gasteiger partial charge is 0.225 e. The minimum atomic E-state index is 0.132. The molecule has 11 heavy (non-hydrogen) atoms. The molecule has 63 valence electrons. The second-order valence-corrected chi connectivity index (χ2v) is 3.15. The van der Waals surface area contributed by atoms with E-state index in [2.05, 4.69) is 5.32 Å². The van der Waals surface area contributed by atoms with E-state index in [0.717, 1.165) is 26.2 Å². The Bertz CT molecular complexity index is 139. The third-order valence-electron chi connectivity index (χ3n) is 1.86. The van der Waals surface area contributed by atoms with Crippen molar-refractivity contribution in [1.82, 2.24) is 10.2 Å². The number of hydrogen-bond acceptors (Lipinski definition) is 1. The molecule has 1 aliphatic heterocycles. The van der Waals surface area contributed by atoms with Crippen molar-refractivity contribution in [2.45, 2.75) is 13.8 Å². The van der Waals surface area contributed by atoms with Crippen LogP contribution in [0.2, 0.25) is 0 Å². The van der Waals surface area contributed by atoms with Gasteiger partial charge in [-0.1, -0.05) is 13.8 Å². The van der Waals surface area contributed by atoms with E-state index < -0.39 is 0 Å². The van der Waals surface area contributed by atoms with Crippen molar-refractivity contribution >= 4 is 5.91 Å². The van der Waals surface area contributed by atoms with Gasteiger partial charge in [0.05, 0.1) is 0 Å². The average Bonchev–Trinajstić information content (AvgIpc) is 2.05. The SMILES string of the molecule is CC(C)C(=O)N1CC[N]CC1. The molecule has 0 spiro atoms. The molecule has 0 aliphatic carbocycles. The van der Waals surface area contributed by atoms with Crippen molar-refractivity contribution in [2.24, 2.45) is 5.92 Å². The summed E-state index contributed by atoms with van der Waals surface area (Å²) in [7, 11) is 0. The van der Waals surface area contributed by atoms with E-state index in [4.69, 9.17) is 0 Å². The Kier molecular flexibility index (Phi) is 2.88. The molecule has 1 heterocycles. The lowest BCUT2D eigenvalue weighted by Gasteiger charge is -2.27. The van der Waals surface area contributed by atoms with Crippen LogP contribution in [0.4, 0.5) is 0 Å². The molecule has 0 saturated carbocycles. The van der Waals surface area contributed by atoms with E-state index in [1.807, 2.05) is 18.7 Å². The highest BCUT2D eigenvalue weighted by molar-refractivity contribution is 5.78. The van der Waals surface area contributed by atoms with Crippen LogP contribution in [0.3, 0.4) is 0 Å². The Labute approximate surface area is 67.8 Å². The summed E-state index contributed by atoms with van der Waals surface area (Å²) in [5, 5.41) is 4.18. The van der Waals surface area contributed by atoms with Gasteiger partial charge in [-0.2, -0.15) is 0 Å². The number of hydrogen-bond donors (Lipinski definition) is 0. The predicted octanol–water partition coefficient (Wildman–Crippen LogP) is 0.0890. The van der Waals surface area contributed by atoms with E-state index in [-0.39, 0.29) is 11.8 Å². The summed E-state index contributed by atoms with van der Waals surface area (Å²) in [5.41, 5.74) is 0. The number of nitrogens with zero attached hydrogens (tertiary/aromatic N) is 2. The lowest BCUT2D eigenvalue weighted by molar-refractivity contribution is -0.135. The maximum absolute atomic E-state index is 11.4. The summed E-state index contributed by atoms with van der Waals surface area (Å²) in [6.07, 6.45) is 0. The van der Waals surface area contributed by atoms with Crippen molar-refractivity contribution in [3.8, 4) is 0 Å². The molecule has 0 aromatic carbocycles. The van der Waals surface area contributed by atoms with E-state index in [1.165, 1.54) is 0 Å². The van der Waals surface area contributed by atoms with Crippen molar-refractivity contribution in [1.29, 1.82) is 0 Å². The normalized spacial score (nSPS) is 19.0. The van der Waals surface area contributed by atoms with Crippen LogP contribution in [0.5, 0.6) is 0 Å². The number of piperazine rings is 1. The molecule has 0 atom stereocenters. The van der Waals surface area contributed by atoms with Gasteiger partial charge >= 0.3 is 0 Å². The Balaban J connectivity index is 2.39. The van der Waals surface area contributed by atoms with E-state index >= 15 is 0 Å².